The summed E-state index contributed by atoms with van der Waals surface area (Å²) in [6.45, 7) is 1.97. The fourth-order valence-corrected chi connectivity index (χ4v) is 2.71. The van der Waals surface area contributed by atoms with Crippen LogP contribution in [0.25, 0.3) is 5.70 Å². The average Bonchev–Trinajstić information content (AvgIpc) is 2.62. The Morgan fingerprint density at radius 2 is 1.88 bits per heavy atom. The second kappa shape index (κ2) is 7.17. The fraction of sp³-hybridized carbons (Fsp3) is 0.158. The van der Waals surface area contributed by atoms with E-state index in [-0.39, 0.29) is 18.4 Å². The number of nitrogens with two attached hydrogens (primary N) is 1. The van der Waals surface area contributed by atoms with Crippen molar-refractivity contribution >= 4 is 17.6 Å². The van der Waals surface area contributed by atoms with Crippen molar-refractivity contribution in [3.8, 4) is 0 Å². The van der Waals surface area contributed by atoms with Gasteiger partial charge in [-0.1, -0.05) is 42.5 Å². The third-order valence-electron chi connectivity index (χ3n) is 3.81. The van der Waals surface area contributed by atoms with Crippen molar-refractivity contribution in [2.75, 3.05) is 6.61 Å². The van der Waals surface area contributed by atoms with E-state index in [9.17, 15) is 9.18 Å². The van der Waals surface area contributed by atoms with Crippen molar-refractivity contribution in [1.82, 2.24) is 5.32 Å². The van der Waals surface area contributed by atoms with E-state index in [4.69, 9.17) is 10.5 Å². The minimum absolute atomic E-state index is 0.182. The molecule has 1 aliphatic heterocycles. The number of nitrogens with zero attached hydrogens (tertiary/aromatic N) is 1. The van der Waals surface area contributed by atoms with E-state index >= 15 is 0 Å². The molecule has 6 heteroatoms. The molecule has 1 heterocycles. The first-order chi connectivity index (χ1) is 12.1. The van der Waals surface area contributed by atoms with E-state index in [1.165, 1.54) is 12.1 Å². The lowest BCUT2D eigenvalue weighted by Crippen LogP contribution is -2.37. The molecule has 1 aliphatic rings. The number of esters is 1. The molecule has 2 aromatic carbocycles. The minimum Gasteiger partial charge on any atom is -0.463 e. The summed E-state index contributed by atoms with van der Waals surface area (Å²) in [6, 6.07) is 14.5. The zero-order chi connectivity index (χ0) is 17.8. The SMILES string of the molecule is CCOC(=O)C1=C(c2ccccc2)NC(N)=NC1c1ccc(F)cc1. The normalized spacial score (nSPS) is 16.9. The van der Waals surface area contributed by atoms with Crippen LogP contribution in [-0.4, -0.2) is 18.5 Å². The number of halogens is 1. The Kier molecular flexibility index (Phi) is 4.79. The molecule has 0 aromatic heterocycles. The molecule has 0 radical (unpaired) electrons. The second-order valence-corrected chi connectivity index (χ2v) is 5.47. The number of carbonyl (C=O) groups excluding carboxylic acids is 1. The smallest absolute Gasteiger partial charge is 0.338 e. The number of aliphatic imine (C=N–C) groups is 1. The van der Waals surface area contributed by atoms with Crippen molar-refractivity contribution in [3.63, 3.8) is 0 Å². The Labute approximate surface area is 145 Å². The quantitative estimate of drug-likeness (QED) is 0.840. The zero-order valence-electron chi connectivity index (χ0n) is 13.7. The number of benzene rings is 2. The van der Waals surface area contributed by atoms with Crippen molar-refractivity contribution in [2.45, 2.75) is 13.0 Å². The highest BCUT2D eigenvalue weighted by atomic mass is 19.1. The molecule has 3 N–H and O–H groups in total. The first kappa shape index (κ1) is 16.7. The van der Waals surface area contributed by atoms with Crippen molar-refractivity contribution in [3.05, 3.63) is 77.1 Å². The maximum absolute atomic E-state index is 13.3. The molecule has 1 atom stereocenters. The van der Waals surface area contributed by atoms with Crippen LogP contribution in [0.5, 0.6) is 0 Å². The number of hydrogen-bond acceptors (Lipinski definition) is 5. The van der Waals surface area contributed by atoms with Gasteiger partial charge in [-0.3, -0.25) is 0 Å². The van der Waals surface area contributed by atoms with E-state index in [0.29, 0.717) is 16.8 Å². The van der Waals surface area contributed by atoms with Crippen LogP contribution >= 0.6 is 0 Å². The predicted molar refractivity (Wildman–Crippen MR) is 93.9 cm³/mol. The predicted octanol–water partition coefficient (Wildman–Crippen LogP) is 2.76. The van der Waals surface area contributed by atoms with Crippen LogP contribution in [0.15, 0.2) is 65.2 Å². The summed E-state index contributed by atoms with van der Waals surface area (Å²) >= 11 is 0. The first-order valence-corrected chi connectivity index (χ1v) is 7.92. The van der Waals surface area contributed by atoms with Gasteiger partial charge < -0.3 is 15.8 Å². The largest absolute Gasteiger partial charge is 0.463 e. The van der Waals surface area contributed by atoms with Gasteiger partial charge in [-0.05, 0) is 30.2 Å². The third kappa shape index (κ3) is 3.52. The number of guanidine groups is 1. The van der Waals surface area contributed by atoms with E-state index in [1.54, 1.807) is 19.1 Å². The summed E-state index contributed by atoms with van der Waals surface area (Å²) in [5.74, 6) is -0.666. The Hall–Kier alpha value is -3.15. The van der Waals surface area contributed by atoms with Gasteiger partial charge in [0.15, 0.2) is 5.96 Å². The number of nitrogens with one attached hydrogen (secondary N) is 1. The second-order valence-electron chi connectivity index (χ2n) is 5.47. The van der Waals surface area contributed by atoms with E-state index < -0.39 is 12.0 Å². The zero-order valence-corrected chi connectivity index (χ0v) is 13.7. The van der Waals surface area contributed by atoms with E-state index in [1.807, 2.05) is 30.3 Å². The summed E-state index contributed by atoms with van der Waals surface area (Å²) in [6.07, 6.45) is 0. The highest BCUT2D eigenvalue weighted by Gasteiger charge is 2.31. The Morgan fingerprint density at radius 3 is 2.52 bits per heavy atom. The summed E-state index contributed by atoms with van der Waals surface area (Å²) in [5, 5.41) is 2.97. The molecule has 0 saturated carbocycles. The summed E-state index contributed by atoms with van der Waals surface area (Å²) in [4.78, 5) is 17.0. The van der Waals surface area contributed by atoms with Crippen LogP contribution in [0.2, 0.25) is 0 Å². The molecule has 1 unspecified atom stereocenters. The fourth-order valence-electron chi connectivity index (χ4n) is 2.71. The number of rotatable bonds is 4. The molecule has 0 fully saturated rings. The molecule has 0 spiro atoms. The average molecular weight is 339 g/mol. The van der Waals surface area contributed by atoms with Crippen molar-refractivity contribution < 1.29 is 13.9 Å². The van der Waals surface area contributed by atoms with Gasteiger partial charge in [0, 0.05) is 0 Å². The highest BCUT2D eigenvalue weighted by molar-refractivity contribution is 6.04. The highest BCUT2D eigenvalue weighted by Crippen LogP contribution is 2.34. The summed E-state index contributed by atoms with van der Waals surface area (Å²) in [5.41, 5.74) is 8.26. The topological polar surface area (TPSA) is 76.7 Å². The molecule has 5 nitrogen and oxygen atoms in total. The lowest BCUT2D eigenvalue weighted by atomic mass is 9.93. The maximum Gasteiger partial charge on any atom is 0.338 e. The van der Waals surface area contributed by atoms with Gasteiger partial charge in [0.25, 0.3) is 0 Å². The Balaban J connectivity index is 2.16. The monoisotopic (exact) mass is 339 g/mol. The van der Waals surface area contributed by atoms with Crippen LogP contribution in [0.3, 0.4) is 0 Å². The van der Waals surface area contributed by atoms with Crippen molar-refractivity contribution in [1.29, 1.82) is 0 Å². The number of ether oxygens (including phenoxy) is 1. The van der Waals surface area contributed by atoms with Crippen LogP contribution in [0.4, 0.5) is 4.39 Å². The molecule has 0 bridgehead atoms. The van der Waals surface area contributed by atoms with Gasteiger partial charge in [-0.15, -0.1) is 0 Å². The van der Waals surface area contributed by atoms with Gasteiger partial charge >= 0.3 is 5.97 Å². The Morgan fingerprint density at radius 1 is 1.20 bits per heavy atom. The Bertz CT molecular complexity index is 830. The summed E-state index contributed by atoms with van der Waals surface area (Å²) < 4.78 is 18.5. The first-order valence-electron chi connectivity index (χ1n) is 7.92. The number of carbonyl (C=O) groups is 1. The lowest BCUT2D eigenvalue weighted by Gasteiger charge is -2.26. The number of hydrogen-bond donors (Lipinski definition) is 2. The third-order valence-corrected chi connectivity index (χ3v) is 3.81. The molecular formula is C19H18FN3O2. The maximum atomic E-state index is 13.3. The van der Waals surface area contributed by atoms with Crippen LogP contribution in [0.1, 0.15) is 24.1 Å². The molecule has 0 amide bonds. The molecule has 2 aromatic rings. The van der Waals surface area contributed by atoms with E-state index in [2.05, 4.69) is 10.3 Å². The molecule has 0 saturated heterocycles. The standard InChI is InChI=1S/C19H18FN3O2/c1-2-25-18(24)15-16(12-6-4-3-5-7-12)22-19(21)23-17(15)13-8-10-14(20)11-9-13/h3-11,17H,2H2,1H3,(H3,21,22,23). The van der Waals surface area contributed by atoms with Crippen LogP contribution < -0.4 is 11.1 Å². The molecular weight excluding hydrogens is 321 g/mol. The van der Waals surface area contributed by atoms with Crippen LogP contribution in [0, 0.1) is 5.82 Å². The van der Waals surface area contributed by atoms with Gasteiger partial charge in [0.2, 0.25) is 0 Å². The minimum atomic E-state index is -0.670. The van der Waals surface area contributed by atoms with Gasteiger partial charge in [0.1, 0.15) is 11.9 Å². The van der Waals surface area contributed by atoms with Crippen LogP contribution in [-0.2, 0) is 9.53 Å². The van der Waals surface area contributed by atoms with E-state index in [0.717, 1.165) is 5.56 Å². The molecule has 128 valence electrons. The summed E-state index contributed by atoms with van der Waals surface area (Å²) in [7, 11) is 0. The molecule has 25 heavy (non-hydrogen) atoms. The van der Waals surface area contributed by atoms with Crippen molar-refractivity contribution in [2.24, 2.45) is 10.7 Å². The van der Waals surface area contributed by atoms with Gasteiger partial charge in [-0.25, -0.2) is 14.2 Å². The molecule has 3 rings (SSSR count). The van der Waals surface area contributed by atoms with Gasteiger partial charge in [-0.2, -0.15) is 0 Å². The molecule has 0 aliphatic carbocycles. The van der Waals surface area contributed by atoms with Gasteiger partial charge in [0.05, 0.1) is 17.9 Å². The lowest BCUT2D eigenvalue weighted by molar-refractivity contribution is -0.138.